The number of rotatable bonds is 6. The second kappa shape index (κ2) is 9.02. The fraction of sp³-hybridized carbons (Fsp3) is 0.458. The number of aryl methyl sites for hydroxylation is 1. The van der Waals surface area contributed by atoms with Crippen LogP contribution in [0.4, 0.5) is 0 Å². The Morgan fingerprint density at radius 3 is 2.27 bits per heavy atom. The van der Waals surface area contributed by atoms with Gasteiger partial charge in [-0.3, -0.25) is 0 Å². The van der Waals surface area contributed by atoms with Crippen LogP contribution >= 0.6 is 0 Å². The molecule has 0 N–H and O–H groups in total. The summed E-state index contributed by atoms with van der Waals surface area (Å²) in [5.74, 6) is 0.578. The molecule has 1 saturated carbocycles. The van der Waals surface area contributed by atoms with Gasteiger partial charge >= 0.3 is 5.97 Å². The summed E-state index contributed by atoms with van der Waals surface area (Å²) >= 11 is 0. The first kappa shape index (κ1) is 18.7. The van der Waals surface area contributed by atoms with Crippen LogP contribution in [0, 0.1) is 12.8 Å². The lowest BCUT2D eigenvalue weighted by atomic mass is 9.85. The molecule has 26 heavy (non-hydrogen) atoms. The van der Waals surface area contributed by atoms with Crippen molar-refractivity contribution in [2.24, 2.45) is 5.92 Å². The number of hydrogen-bond acceptors (Lipinski definition) is 2. The van der Waals surface area contributed by atoms with Crippen molar-refractivity contribution in [1.82, 2.24) is 0 Å². The van der Waals surface area contributed by atoms with Gasteiger partial charge in [0.05, 0.1) is 5.56 Å². The second-order valence-electron chi connectivity index (χ2n) is 7.62. The van der Waals surface area contributed by atoms with Gasteiger partial charge in [-0.2, -0.15) is 0 Å². The van der Waals surface area contributed by atoms with Crippen LogP contribution in [-0.4, -0.2) is 5.97 Å². The molecule has 0 saturated heterocycles. The summed E-state index contributed by atoms with van der Waals surface area (Å²) in [5, 5.41) is 0. The maximum absolute atomic E-state index is 12.5. The molecular weight excluding hydrogens is 320 g/mol. The highest BCUT2D eigenvalue weighted by Gasteiger charge is 2.17. The summed E-state index contributed by atoms with van der Waals surface area (Å²) in [7, 11) is 0. The molecule has 1 fully saturated rings. The van der Waals surface area contributed by atoms with Crippen LogP contribution in [0.5, 0.6) is 0 Å². The highest BCUT2D eigenvalue weighted by atomic mass is 16.5. The van der Waals surface area contributed by atoms with E-state index in [1.807, 2.05) is 31.2 Å². The van der Waals surface area contributed by atoms with Crippen LogP contribution in [0.1, 0.15) is 78.6 Å². The largest absolute Gasteiger partial charge is 0.454 e. The summed E-state index contributed by atoms with van der Waals surface area (Å²) in [6.45, 7) is 4.11. The van der Waals surface area contributed by atoms with E-state index in [0.717, 1.165) is 24.3 Å². The molecule has 0 aliphatic heterocycles. The van der Waals surface area contributed by atoms with Crippen molar-refractivity contribution in [3.8, 4) is 0 Å². The van der Waals surface area contributed by atoms with Gasteiger partial charge in [-0.25, -0.2) is 4.79 Å². The molecule has 2 nitrogen and oxygen atoms in total. The predicted octanol–water partition coefficient (Wildman–Crippen LogP) is 6.43. The molecule has 0 aromatic heterocycles. The third-order valence-electron chi connectivity index (χ3n) is 5.51. The van der Waals surface area contributed by atoms with Gasteiger partial charge in [-0.15, -0.1) is 0 Å². The molecule has 0 bridgehead atoms. The summed E-state index contributed by atoms with van der Waals surface area (Å²) in [6.07, 6.45) is 8.53. The molecule has 138 valence electrons. The Labute approximate surface area is 157 Å². The van der Waals surface area contributed by atoms with Crippen molar-refractivity contribution in [3.05, 3.63) is 70.8 Å². The first-order chi connectivity index (χ1) is 12.7. The van der Waals surface area contributed by atoms with Gasteiger partial charge < -0.3 is 4.74 Å². The van der Waals surface area contributed by atoms with Gasteiger partial charge in [0.15, 0.2) is 0 Å². The third-order valence-corrected chi connectivity index (χ3v) is 5.51. The summed E-state index contributed by atoms with van der Waals surface area (Å²) in [5.41, 5.74) is 4.24. The van der Waals surface area contributed by atoms with Crippen LogP contribution < -0.4 is 0 Å². The lowest BCUT2D eigenvalue weighted by Crippen LogP contribution is -2.12. The molecule has 1 aliphatic carbocycles. The molecule has 2 heteroatoms. The molecule has 1 atom stereocenters. The Balaban J connectivity index is 1.60. The van der Waals surface area contributed by atoms with Gasteiger partial charge in [0.25, 0.3) is 0 Å². The summed E-state index contributed by atoms with van der Waals surface area (Å²) in [6, 6.07) is 16.2. The molecule has 0 spiro atoms. The van der Waals surface area contributed by atoms with Crippen LogP contribution in [0.3, 0.4) is 0 Å². The van der Waals surface area contributed by atoms with E-state index in [-0.39, 0.29) is 12.1 Å². The van der Waals surface area contributed by atoms with E-state index in [1.54, 1.807) is 0 Å². The highest BCUT2D eigenvalue weighted by Crippen LogP contribution is 2.27. The van der Waals surface area contributed by atoms with Crippen LogP contribution in [-0.2, 0) is 11.2 Å². The maximum Gasteiger partial charge on any atom is 0.338 e. The number of esters is 1. The Kier molecular flexibility index (Phi) is 6.49. The number of hydrogen-bond donors (Lipinski definition) is 0. The van der Waals surface area contributed by atoms with Crippen molar-refractivity contribution in [3.63, 3.8) is 0 Å². The standard InChI is InChI=1S/C24H30O2/c1-3-23(21-13-9-18(2)10-14-21)26-24(25)22-15-11-20(12-16-22)17-19-7-5-4-6-8-19/h9-16,19,23H,3-8,17H2,1-2H3. The molecule has 2 aromatic carbocycles. The minimum absolute atomic E-state index is 0.190. The molecule has 3 rings (SSSR count). The number of carbonyl (C=O) groups is 1. The fourth-order valence-corrected chi connectivity index (χ4v) is 3.87. The van der Waals surface area contributed by atoms with E-state index >= 15 is 0 Å². The van der Waals surface area contributed by atoms with E-state index in [1.165, 1.54) is 43.2 Å². The number of ether oxygens (including phenoxy) is 1. The minimum atomic E-state index is -0.235. The zero-order valence-corrected chi connectivity index (χ0v) is 16.0. The molecular formula is C24H30O2. The van der Waals surface area contributed by atoms with Gasteiger partial charge in [-0.05, 0) is 48.9 Å². The first-order valence-electron chi connectivity index (χ1n) is 10.0. The smallest absolute Gasteiger partial charge is 0.338 e. The molecule has 1 aliphatic rings. The normalized spacial score (nSPS) is 16.2. The lowest BCUT2D eigenvalue weighted by molar-refractivity contribution is 0.0288. The summed E-state index contributed by atoms with van der Waals surface area (Å²) < 4.78 is 5.76. The quantitative estimate of drug-likeness (QED) is 0.561. The monoisotopic (exact) mass is 350 g/mol. The van der Waals surface area contributed by atoms with Gasteiger partial charge in [-0.1, -0.05) is 81.0 Å². The number of benzene rings is 2. The zero-order valence-electron chi connectivity index (χ0n) is 16.0. The van der Waals surface area contributed by atoms with E-state index in [0.29, 0.717) is 5.56 Å². The molecule has 0 amide bonds. The van der Waals surface area contributed by atoms with Gasteiger partial charge in [0.2, 0.25) is 0 Å². The van der Waals surface area contributed by atoms with E-state index in [9.17, 15) is 4.79 Å². The van der Waals surface area contributed by atoms with E-state index in [2.05, 4.69) is 31.2 Å². The van der Waals surface area contributed by atoms with Gasteiger partial charge in [0.1, 0.15) is 6.10 Å². The number of carbonyl (C=O) groups excluding carboxylic acids is 1. The Bertz CT molecular complexity index is 694. The minimum Gasteiger partial charge on any atom is -0.454 e. The summed E-state index contributed by atoms with van der Waals surface area (Å²) in [4.78, 5) is 12.5. The van der Waals surface area contributed by atoms with Crippen molar-refractivity contribution < 1.29 is 9.53 Å². The van der Waals surface area contributed by atoms with Crippen LogP contribution in [0.2, 0.25) is 0 Å². The van der Waals surface area contributed by atoms with Crippen LogP contribution in [0.25, 0.3) is 0 Å². The third kappa shape index (κ3) is 4.97. The zero-order chi connectivity index (χ0) is 18.4. The Morgan fingerprint density at radius 1 is 1.00 bits per heavy atom. The Hall–Kier alpha value is -2.09. The van der Waals surface area contributed by atoms with Crippen molar-refractivity contribution in [2.75, 3.05) is 0 Å². The lowest BCUT2D eigenvalue weighted by Gasteiger charge is -2.21. The molecule has 0 heterocycles. The second-order valence-corrected chi connectivity index (χ2v) is 7.62. The van der Waals surface area contributed by atoms with Crippen LogP contribution in [0.15, 0.2) is 48.5 Å². The fourth-order valence-electron chi connectivity index (χ4n) is 3.87. The van der Waals surface area contributed by atoms with Gasteiger partial charge in [0, 0.05) is 0 Å². The Morgan fingerprint density at radius 2 is 1.65 bits per heavy atom. The topological polar surface area (TPSA) is 26.3 Å². The van der Waals surface area contributed by atoms with Crippen molar-refractivity contribution in [1.29, 1.82) is 0 Å². The predicted molar refractivity (Wildman–Crippen MR) is 106 cm³/mol. The molecule has 1 unspecified atom stereocenters. The highest BCUT2D eigenvalue weighted by molar-refractivity contribution is 5.89. The van der Waals surface area contributed by atoms with Crippen molar-refractivity contribution >= 4 is 5.97 Å². The maximum atomic E-state index is 12.5. The molecule has 2 aromatic rings. The van der Waals surface area contributed by atoms with Crippen molar-refractivity contribution in [2.45, 2.75) is 64.9 Å². The SMILES string of the molecule is CCC(OC(=O)c1ccc(CC2CCCCC2)cc1)c1ccc(C)cc1. The first-order valence-corrected chi connectivity index (χ1v) is 10.0. The average Bonchev–Trinajstić information content (AvgIpc) is 2.68. The average molecular weight is 351 g/mol. The molecule has 0 radical (unpaired) electrons. The van der Waals surface area contributed by atoms with E-state index < -0.39 is 0 Å². The van der Waals surface area contributed by atoms with E-state index in [4.69, 9.17) is 4.74 Å².